The fourth-order valence-corrected chi connectivity index (χ4v) is 3.43. The van der Waals surface area contributed by atoms with E-state index in [1.165, 1.54) is 0 Å². The normalized spacial score (nSPS) is 11.0. The van der Waals surface area contributed by atoms with Gasteiger partial charge in [0.25, 0.3) is 0 Å². The summed E-state index contributed by atoms with van der Waals surface area (Å²) in [6.07, 6.45) is 3.35. The Hall–Kier alpha value is -2.63. The van der Waals surface area contributed by atoms with Crippen LogP contribution in [0.3, 0.4) is 0 Å². The van der Waals surface area contributed by atoms with Crippen molar-refractivity contribution in [1.82, 2.24) is 9.88 Å². The van der Waals surface area contributed by atoms with Gasteiger partial charge in [-0.2, -0.15) is 0 Å². The van der Waals surface area contributed by atoms with E-state index in [-0.39, 0.29) is 5.91 Å². The molecule has 0 saturated heterocycles. The van der Waals surface area contributed by atoms with Gasteiger partial charge in [0.15, 0.2) is 0 Å². The highest BCUT2D eigenvalue weighted by Gasteiger charge is 2.06. The van der Waals surface area contributed by atoms with Gasteiger partial charge in [-0.25, -0.2) is 4.98 Å². The largest absolute Gasteiger partial charge is 0.487 e. The van der Waals surface area contributed by atoms with E-state index in [1.54, 1.807) is 35.4 Å². The second-order valence-corrected chi connectivity index (χ2v) is 7.88. The number of nitrogens with zero attached hydrogens (tertiary/aromatic N) is 2. The van der Waals surface area contributed by atoms with Crippen LogP contribution in [0.4, 0.5) is 0 Å². The number of likely N-dealkylation sites (N-methyl/N-ethyl adjacent to an activating group) is 1. The van der Waals surface area contributed by atoms with Crippen LogP contribution >= 0.6 is 22.9 Å². The molecule has 144 valence electrons. The summed E-state index contributed by atoms with van der Waals surface area (Å²) in [5, 5.41) is 3.68. The van der Waals surface area contributed by atoms with Crippen molar-refractivity contribution in [2.75, 3.05) is 7.05 Å². The number of carbonyl (C=O) groups excluding carboxylic acids is 1. The number of ether oxygens (including phenoxy) is 1. The maximum atomic E-state index is 12.4. The molecule has 0 spiro atoms. The van der Waals surface area contributed by atoms with E-state index in [4.69, 9.17) is 16.3 Å². The lowest BCUT2D eigenvalue weighted by Crippen LogP contribution is -2.24. The first-order chi connectivity index (χ1) is 13.5. The number of carbonyl (C=O) groups is 1. The molecule has 4 nitrogen and oxygen atoms in total. The molecule has 1 aromatic heterocycles. The molecule has 0 saturated carbocycles. The average molecular weight is 413 g/mol. The van der Waals surface area contributed by atoms with Gasteiger partial charge in [-0.05, 0) is 48.4 Å². The minimum atomic E-state index is -0.0794. The molecule has 0 aliphatic rings. The molecule has 0 N–H and O–H groups in total. The number of aromatic nitrogens is 1. The molecule has 3 rings (SSSR count). The Morgan fingerprint density at radius 2 is 2.07 bits per heavy atom. The van der Waals surface area contributed by atoms with E-state index in [2.05, 4.69) is 4.98 Å². The molecular formula is C22H21ClN2O2S. The third kappa shape index (κ3) is 5.94. The molecule has 0 fully saturated rings. The van der Waals surface area contributed by atoms with Crippen LogP contribution in [0.25, 0.3) is 6.08 Å². The van der Waals surface area contributed by atoms with E-state index in [0.717, 1.165) is 27.6 Å². The number of amides is 1. The first kappa shape index (κ1) is 20.1. The zero-order valence-electron chi connectivity index (χ0n) is 15.8. The van der Waals surface area contributed by atoms with Crippen LogP contribution in [0, 0.1) is 6.92 Å². The number of hydrogen-bond donors (Lipinski definition) is 0. The second kappa shape index (κ2) is 9.53. The number of rotatable bonds is 7. The lowest BCUT2D eigenvalue weighted by atomic mass is 10.2. The lowest BCUT2D eigenvalue weighted by molar-refractivity contribution is -0.125. The molecule has 1 heterocycles. The first-order valence-corrected chi connectivity index (χ1v) is 10.1. The standard InChI is InChI=1S/C22H21ClN2O2S/c1-16-24-20(15-28-16)14-27-21-8-4-5-17(12-21)9-10-22(26)25(2)13-18-6-3-7-19(23)11-18/h3-12,15H,13-14H2,1-2H3/b10-9+. The zero-order chi connectivity index (χ0) is 19.9. The van der Waals surface area contributed by atoms with E-state index in [9.17, 15) is 4.79 Å². The molecule has 2 aromatic carbocycles. The maximum Gasteiger partial charge on any atom is 0.246 e. The zero-order valence-corrected chi connectivity index (χ0v) is 17.3. The molecule has 0 radical (unpaired) electrons. The van der Waals surface area contributed by atoms with E-state index in [1.807, 2.05) is 60.8 Å². The van der Waals surface area contributed by atoms with Gasteiger partial charge in [-0.3, -0.25) is 4.79 Å². The summed E-state index contributed by atoms with van der Waals surface area (Å²) >= 11 is 7.60. The highest BCUT2D eigenvalue weighted by molar-refractivity contribution is 7.09. The smallest absolute Gasteiger partial charge is 0.246 e. The van der Waals surface area contributed by atoms with Crippen molar-refractivity contribution in [2.45, 2.75) is 20.1 Å². The fraction of sp³-hybridized carbons (Fsp3) is 0.182. The van der Waals surface area contributed by atoms with Crippen LogP contribution in [0.5, 0.6) is 5.75 Å². The van der Waals surface area contributed by atoms with Crippen LogP contribution in [-0.4, -0.2) is 22.8 Å². The number of benzene rings is 2. The SMILES string of the molecule is Cc1nc(COc2cccc(/C=C/C(=O)N(C)Cc3cccc(Cl)c3)c2)cs1. The molecule has 1 amide bonds. The second-order valence-electron chi connectivity index (χ2n) is 6.38. The summed E-state index contributed by atoms with van der Waals surface area (Å²) in [5.74, 6) is 0.664. The average Bonchev–Trinajstić information content (AvgIpc) is 3.10. The Labute approximate surface area is 174 Å². The van der Waals surface area contributed by atoms with Crippen molar-refractivity contribution in [3.05, 3.63) is 86.8 Å². The summed E-state index contributed by atoms with van der Waals surface area (Å²) in [5.41, 5.74) is 2.81. The Morgan fingerprint density at radius 3 is 2.82 bits per heavy atom. The summed E-state index contributed by atoms with van der Waals surface area (Å²) in [6.45, 7) is 2.90. The Morgan fingerprint density at radius 1 is 1.25 bits per heavy atom. The maximum absolute atomic E-state index is 12.4. The van der Waals surface area contributed by atoms with Gasteiger partial charge in [0.2, 0.25) is 5.91 Å². The number of hydrogen-bond acceptors (Lipinski definition) is 4. The number of halogens is 1. The Kier molecular flexibility index (Phi) is 6.85. The Balaban J connectivity index is 1.57. The molecule has 0 atom stereocenters. The third-order valence-corrected chi connectivity index (χ3v) is 5.07. The van der Waals surface area contributed by atoms with E-state index < -0.39 is 0 Å². The van der Waals surface area contributed by atoms with Crippen molar-refractivity contribution >= 4 is 34.9 Å². The van der Waals surface area contributed by atoms with Gasteiger partial charge < -0.3 is 9.64 Å². The van der Waals surface area contributed by atoms with Crippen molar-refractivity contribution in [2.24, 2.45) is 0 Å². The molecule has 6 heteroatoms. The van der Waals surface area contributed by atoms with Gasteiger partial charge in [0, 0.05) is 30.1 Å². The summed E-state index contributed by atoms with van der Waals surface area (Å²) < 4.78 is 5.79. The highest BCUT2D eigenvalue weighted by Crippen LogP contribution is 2.17. The molecular weight excluding hydrogens is 392 g/mol. The van der Waals surface area contributed by atoms with Crippen molar-refractivity contribution in [3.63, 3.8) is 0 Å². The van der Waals surface area contributed by atoms with Crippen LogP contribution < -0.4 is 4.74 Å². The molecule has 0 aliphatic heterocycles. The summed E-state index contributed by atoms with van der Waals surface area (Å²) in [6, 6.07) is 15.1. The van der Waals surface area contributed by atoms with Crippen LogP contribution in [0.15, 0.2) is 60.0 Å². The quantitative estimate of drug-likeness (QED) is 0.491. The number of aryl methyl sites for hydroxylation is 1. The van der Waals surface area contributed by atoms with Crippen LogP contribution in [0.2, 0.25) is 5.02 Å². The molecule has 3 aromatic rings. The minimum absolute atomic E-state index is 0.0794. The monoisotopic (exact) mass is 412 g/mol. The summed E-state index contributed by atoms with van der Waals surface area (Å²) in [4.78, 5) is 18.4. The molecule has 28 heavy (non-hydrogen) atoms. The van der Waals surface area contributed by atoms with Crippen molar-refractivity contribution < 1.29 is 9.53 Å². The van der Waals surface area contributed by atoms with Crippen molar-refractivity contribution in [3.8, 4) is 5.75 Å². The van der Waals surface area contributed by atoms with Gasteiger partial charge in [-0.15, -0.1) is 11.3 Å². The van der Waals surface area contributed by atoms with Crippen LogP contribution in [-0.2, 0) is 17.9 Å². The van der Waals surface area contributed by atoms with Gasteiger partial charge in [0.05, 0.1) is 10.7 Å². The van der Waals surface area contributed by atoms with Crippen molar-refractivity contribution in [1.29, 1.82) is 0 Å². The fourth-order valence-electron chi connectivity index (χ4n) is 2.62. The first-order valence-electron chi connectivity index (χ1n) is 8.81. The third-order valence-electron chi connectivity index (χ3n) is 4.01. The van der Waals surface area contributed by atoms with E-state index in [0.29, 0.717) is 18.2 Å². The Bertz CT molecular complexity index is 984. The lowest BCUT2D eigenvalue weighted by Gasteiger charge is -2.15. The van der Waals surface area contributed by atoms with Gasteiger partial charge in [0.1, 0.15) is 12.4 Å². The van der Waals surface area contributed by atoms with Crippen LogP contribution in [0.1, 0.15) is 21.8 Å². The molecule has 0 unspecified atom stereocenters. The summed E-state index contributed by atoms with van der Waals surface area (Å²) in [7, 11) is 1.77. The number of thiazole rings is 1. The minimum Gasteiger partial charge on any atom is -0.487 e. The highest BCUT2D eigenvalue weighted by atomic mass is 35.5. The predicted molar refractivity (Wildman–Crippen MR) is 115 cm³/mol. The molecule has 0 aliphatic carbocycles. The topological polar surface area (TPSA) is 42.4 Å². The van der Waals surface area contributed by atoms with Gasteiger partial charge in [-0.1, -0.05) is 35.9 Å². The predicted octanol–water partition coefficient (Wildman–Crippen LogP) is 5.36. The van der Waals surface area contributed by atoms with E-state index >= 15 is 0 Å². The van der Waals surface area contributed by atoms with Gasteiger partial charge >= 0.3 is 0 Å². The molecule has 0 bridgehead atoms.